The van der Waals surface area contributed by atoms with Gasteiger partial charge in [-0.2, -0.15) is 5.26 Å². The first kappa shape index (κ1) is 15.8. The summed E-state index contributed by atoms with van der Waals surface area (Å²) in [4.78, 5) is 13.7. The fourth-order valence-corrected chi connectivity index (χ4v) is 4.32. The van der Waals surface area contributed by atoms with Crippen LogP contribution in [0, 0.1) is 18.3 Å². The Morgan fingerprint density at radius 1 is 1.22 bits per heavy atom. The van der Waals surface area contributed by atoms with Gasteiger partial charge in [0.1, 0.15) is 11.1 Å². The number of nitriles is 1. The van der Waals surface area contributed by atoms with Gasteiger partial charge in [-0.15, -0.1) is 11.3 Å². The van der Waals surface area contributed by atoms with E-state index in [0.717, 1.165) is 30.4 Å². The van der Waals surface area contributed by atoms with E-state index in [-0.39, 0.29) is 5.91 Å². The quantitative estimate of drug-likeness (QED) is 0.859. The molecule has 1 heterocycles. The lowest BCUT2D eigenvalue weighted by molar-refractivity contribution is 0.102. The molecule has 0 spiro atoms. The molecule has 0 aliphatic heterocycles. The standard InChI is InChI=1S/C19H20N2OS/c1-13-7-6-8-14(11-13)18(22)21-19-16(12-20)15-9-4-2-3-5-10-17(15)23-19/h6-8,11H,2-5,9-10H2,1H3,(H,21,22). The molecule has 3 nitrogen and oxygen atoms in total. The molecule has 0 fully saturated rings. The molecule has 2 aromatic rings. The molecule has 0 saturated heterocycles. The average molecular weight is 324 g/mol. The van der Waals surface area contributed by atoms with Crippen LogP contribution in [0.15, 0.2) is 24.3 Å². The van der Waals surface area contributed by atoms with Crippen LogP contribution < -0.4 is 5.32 Å². The van der Waals surface area contributed by atoms with Crippen molar-refractivity contribution in [2.75, 3.05) is 5.32 Å². The van der Waals surface area contributed by atoms with E-state index >= 15 is 0 Å². The third kappa shape index (κ3) is 3.46. The number of nitrogens with one attached hydrogen (secondary N) is 1. The minimum atomic E-state index is -0.139. The second-order valence-electron chi connectivity index (χ2n) is 6.06. The Kier molecular flexibility index (Phi) is 4.78. The van der Waals surface area contributed by atoms with Gasteiger partial charge >= 0.3 is 0 Å². The zero-order valence-corrected chi connectivity index (χ0v) is 14.1. The molecule has 1 aromatic carbocycles. The number of hydrogen-bond donors (Lipinski definition) is 1. The first-order valence-electron chi connectivity index (χ1n) is 8.11. The molecule has 0 radical (unpaired) electrons. The van der Waals surface area contributed by atoms with Gasteiger partial charge in [0.05, 0.1) is 5.56 Å². The predicted molar refractivity (Wildman–Crippen MR) is 94.0 cm³/mol. The maximum atomic E-state index is 12.5. The smallest absolute Gasteiger partial charge is 0.256 e. The summed E-state index contributed by atoms with van der Waals surface area (Å²) in [5, 5.41) is 13.2. The number of aryl methyl sites for hydroxylation is 2. The van der Waals surface area contributed by atoms with Gasteiger partial charge < -0.3 is 5.32 Å². The molecule has 1 aliphatic rings. The fourth-order valence-electron chi connectivity index (χ4n) is 3.09. The Balaban J connectivity index is 1.89. The van der Waals surface area contributed by atoms with Crippen molar-refractivity contribution in [2.45, 2.75) is 45.4 Å². The van der Waals surface area contributed by atoms with Gasteiger partial charge in [-0.25, -0.2) is 0 Å². The third-order valence-electron chi connectivity index (χ3n) is 4.29. The van der Waals surface area contributed by atoms with Crippen LogP contribution in [0.5, 0.6) is 0 Å². The zero-order chi connectivity index (χ0) is 16.2. The molecule has 118 valence electrons. The SMILES string of the molecule is Cc1cccc(C(=O)Nc2sc3c(c2C#N)CCCCCC3)c1. The molecule has 1 amide bonds. The number of anilines is 1. The van der Waals surface area contributed by atoms with E-state index in [4.69, 9.17) is 0 Å². The Morgan fingerprint density at radius 2 is 2.00 bits per heavy atom. The number of carbonyl (C=O) groups is 1. The summed E-state index contributed by atoms with van der Waals surface area (Å²) in [6.07, 6.45) is 6.76. The molecule has 0 bridgehead atoms. The summed E-state index contributed by atoms with van der Waals surface area (Å²) in [6, 6.07) is 9.83. The van der Waals surface area contributed by atoms with Gasteiger partial charge in [0, 0.05) is 10.4 Å². The monoisotopic (exact) mass is 324 g/mol. The van der Waals surface area contributed by atoms with Crippen molar-refractivity contribution in [3.05, 3.63) is 51.4 Å². The summed E-state index contributed by atoms with van der Waals surface area (Å²) in [7, 11) is 0. The molecule has 0 atom stereocenters. The van der Waals surface area contributed by atoms with Crippen LogP contribution in [0.4, 0.5) is 5.00 Å². The van der Waals surface area contributed by atoms with Crippen molar-refractivity contribution in [3.63, 3.8) is 0 Å². The normalized spacial score (nSPS) is 14.3. The number of fused-ring (bicyclic) bond motifs is 1. The van der Waals surface area contributed by atoms with E-state index in [1.54, 1.807) is 17.4 Å². The predicted octanol–water partition coefficient (Wildman–Crippen LogP) is 4.84. The van der Waals surface area contributed by atoms with Gasteiger partial charge in [-0.3, -0.25) is 4.79 Å². The van der Waals surface area contributed by atoms with Crippen molar-refractivity contribution in [1.82, 2.24) is 0 Å². The van der Waals surface area contributed by atoms with E-state index < -0.39 is 0 Å². The number of carbonyl (C=O) groups excluding carboxylic acids is 1. The van der Waals surface area contributed by atoms with Crippen molar-refractivity contribution < 1.29 is 4.79 Å². The van der Waals surface area contributed by atoms with Gasteiger partial charge in [-0.1, -0.05) is 30.5 Å². The topological polar surface area (TPSA) is 52.9 Å². The second kappa shape index (κ2) is 6.97. The van der Waals surface area contributed by atoms with Crippen LogP contribution in [-0.4, -0.2) is 5.91 Å². The van der Waals surface area contributed by atoms with E-state index in [0.29, 0.717) is 16.1 Å². The molecular formula is C19H20N2OS. The van der Waals surface area contributed by atoms with E-state index in [2.05, 4.69) is 11.4 Å². The molecule has 1 N–H and O–H groups in total. The van der Waals surface area contributed by atoms with Gasteiger partial charge in [0.15, 0.2) is 0 Å². The number of nitrogens with zero attached hydrogens (tertiary/aromatic N) is 1. The molecule has 23 heavy (non-hydrogen) atoms. The van der Waals surface area contributed by atoms with Crippen LogP contribution in [-0.2, 0) is 12.8 Å². The molecule has 0 unspecified atom stereocenters. The van der Waals surface area contributed by atoms with Gasteiger partial charge in [-0.05, 0) is 50.3 Å². The lowest BCUT2D eigenvalue weighted by Gasteiger charge is -2.08. The summed E-state index contributed by atoms with van der Waals surface area (Å²) >= 11 is 1.58. The largest absolute Gasteiger partial charge is 0.312 e. The molecule has 4 heteroatoms. The first-order valence-corrected chi connectivity index (χ1v) is 8.93. The second-order valence-corrected chi connectivity index (χ2v) is 7.16. The van der Waals surface area contributed by atoms with Crippen LogP contribution >= 0.6 is 11.3 Å². The number of thiophene rings is 1. The molecular weight excluding hydrogens is 304 g/mol. The van der Waals surface area contributed by atoms with Crippen molar-refractivity contribution >= 4 is 22.2 Å². The highest BCUT2D eigenvalue weighted by molar-refractivity contribution is 7.16. The molecule has 1 aromatic heterocycles. The number of benzene rings is 1. The van der Waals surface area contributed by atoms with Crippen molar-refractivity contribution in [1.29, 1.82) is 5.26 Å². The fraction of sp³-hybridized carbons (Fsp3) is 0.368. The number of rotatable bonds is 2. The first-order chi connectivity index (χ1) is 11.2. The summed E-state index contributed by atoms with van der Waals surface area (Å²) in [5.41, 5.74) is 3.52. The van der Waals surface area contributed by atoms with Crippen LogP contribution in [0.25, 0.3) is 0 Å². The number of amides is 1. The third-order valence-corrected chi connectivity index (χ3v) is 5.50. The molecule has 1 aliphatic carbocycles. The Hall–Kier alpha value is -2.12. The van der Waals surface area contributed by atoms with Crippen molar-refractivity contribution in [2.24, 2.45) is 0 Å². The minimum absolute atomic E-state index is 0.139. The maximum Gasteiger partial charge on any atom is 0.256 e. The Labute approximate surface area is 141 Å². The number of hydrogen-bond acceptors (Lipinski definition) is 3. The highest BCUT2D eigenvalue weighted by atomic mass is 32.1. The van der Waals surface area contributed by atoms with Gasteiger partial charge in [0.2, 0.25) is 0 Å². The van der Waals surface area contributed by atoms with E-state index in [9.17, 15) is 10.1 Å². The summed E-state index contributed by atoms with van der Waals surface area (Å²) < 4.78 is 0. The summed E-state index contributed by atoms with van der Waals surface area (Å²) in [6.45, 7) is 1.97. The lowest BCUT2D eigenvalue weighted by atomic mass is 9.97. The van der Waals surface area contributed by atoms with Crippen LogP contribution in [0.1, 0.15) is 57.6 Å². The van der Waals surface area contributed by atoms with E-state index in [1.165, 1.54) is 24.1 Å². The minimum Gasteiger partial charge on any atom is -0.312 e. The zero-order valence-electron chi connectivity index (χ0n) is 13.3. The molecule has 3 rings (SSSR count). The van der Waals surface area contributed by atoms with Crippen LogP contribution in [0.3, 0.4) is 0 Å². The maximum absolute atomic E-state index is 12.5. The van der Waals surface area contributed by atoms with E-state index in [1.807, 2.05) is 25.1 Å². The van der Waals surface area contributed by atoms with Crippen molar-refractivity contribution in [3.8, 4) is 6.07 Å². The Bertz CT molecular complexity index is 770. The van der Waals surface area contributed by atoms with Crippen LogP contribution in [0.2, 0.25) is 0 Å². The summed E-state index contributed by atoms with van der Waals surface area (Å²) in [5.74, 6) is -0.139. The average Bonchev–Trinajstić information content (AvgIpc) is 2.83. The highest BCUT2D eigenvalue weighted by Gasteiger charge is 2.20. The Morgan fingerprint density at radius 3 is 2.74 bits per heavy atom. The van der Waals surface area contributed by atoms with Gasteiger partial charge in [0.25, 0.3) is 5.91 Å². The highest BCUT2D eigenvalue weighted by Crippen LogP contribution is 2.36. The lowest BCUT2D eigenvalue weighted by Crippen LogP contribution is -2.11. The molecule has 0 saturated carbocycles.